The lowest BCUT2D eigenvalue weighted by Crippen LogP contribution is -2.01. The molecular formula is C13H10BrIN2O2. The minimum Gasteiger partial charge on any atom is -0.380 e. The van der Waals surface area contributed by atoms with E-state index in [4.69, 9.17) is 0 Å². The number of nitro benzene ring substituents is 1. The van der Waals surface area contributed by atoms with Crippen LogP contribution in [0.25, 0.3) is 0 Å². The summed E-state index contributed by atoms with van der Waals surface area (Å²) >= 11 is 5.42. The van der Waals surface area contributed by atoms with E-state index in [1.807, 2.05) is 30.3 Å². The average Bonchev–Trinajstić information content (AvgIpc) is 2.39. The second kappa shape index (κ2) is 6.33. The molecule has 0 saturated carbocycles. The third-order valence-corrected chi connectivity index (χ3v) is 4.18. The van der Waals surface area contributed by atoms with Crippen LogP contribution in [0.15, 0.2) is 46.9 Å². The molecule has 6 heteroatoms. The highest BCUT2D eigenvalue weighted by Crippen LogP contribution is 2.26. The fourth-order valence-corrected chi connectivity index (χ4v) is 2.58. The maximum Gasteiger partial charge on any atom is 0.283 e. The molecule has 98 valence electrons. The minimum atomic E-state index is -0.389. The maximum atomic E-state index is 10.9. The Kier molecular flexibility index (Phi) is 4.76. The SMILES string of the molecule is O=[N+]([O-])c1cc(CNc2ccccc2I)ccc1Br. The molecular weight excluding hydrogens is 423 g/mol. The summed E-state index contributed by atoms with van der Waals surface area (Å²) in [5.74, 6) is 0. The zero-order chi connectivity index (χ0) is 13.8. The summed E-state index contributed by atoms with van der Waals surface area (Å²) in [7, 11) is 0. The molecule has 0 fully saturated rings. The number of anilines is 1. The van der Waals surface area contributed by atoms with Gasteiger partial charge in [0.15, 0.2) is 0 Å². The number of benzene rings is 2. The number of nitrogens with one attached hydrogen (secondary N) is 1. The number of hydrogen-bond acceptors (Lipinski definition) is 3. The van der Waals surface area contributed by atoms with Crippen molar-refractivity contribution in [2.24, 2.45) is 0 Å². The normalized spacial score (nSPS) is 10.2. The average molecular weight is 433 g/mol. The van der Waals surface area contributed by atoms with Crippen LogP contribution in [0.1, 0.15) is 5.56 Å². The smallest absolute Gasteiger partial charge is 0.283 e. The van der Waals surface area contributed by atoms with E-state index >= 15 is 0 Å². The molecule has 2 rings (SSSR count). The van der Waals surface area contributed by atoms with Crippen LogP contribution in [0.3, 0.4) is 0 Å². The van der Waals surface area contributed by atoms with Crippen molar-refractivity contribution >= 4 is 49.9 Å². The lowest BCUT2D eigenvalue weighted by molar-refractivity contribution is -0.385. The van der Waals surface area contributed by atoms with Crippen molar-refractivity contribution in [3.8, 4) is 0 Å². The molecule has 1 N–H and O–H groups in total. The van der Waals surface area contributed by atoms with E-state index < -0.39 is 0 Å². The second-order valence-corrected chi connectivity index (χ2v) is 5.89. The van der Waals surface area contributed by atoms with Crippen LogP contribution in [0.4, 0.5) is 11.4 Å². The fourth-order valence-electron chi connectivity index (χ4n) is 1.61. The minimum absolute atomic E-state index is 0.0852. The van der Waals surface area contributed by atoms with E-state index in [0.717, 1.165) is 14.8 Å². The third-order valence-electron chi connectivity index (χ3n) is 2.56. The van der Waals surface area contributed by atoms with Crippen molar-refractivity contribution in [3.63, 3.8) is 0 Å². The highest BCUT2D eigenvalue weighted by molar-refractivity contribution is 14.1. The molecule has 4 nitrogen and oxygen atoms in total. The van der Waals surface area contributed by atoms with Crippen LogP contribution < -0.4 is 5.32 Å². The van der Waals surface area contributed by atoms with E-state index in [1.54, 1.807) is 12.1 Å². The van der Waals surface area contributed by atoms with Crippen molar-refractivity contribution in [1.82, 2.24) is 0 Å². The van der Waals surface area contributed by atoms with Gasteiger partial charge < -0.3 is 5.32 Å². The largest absolute Gasteiger partial charge is 0.380 e. The van der Waals surface area contributed by atoms with Crippen LogP contribution >= 0.6 is 38.5 Å². The quantitative estimate of drug-likeness (QED) is 0.437. The molecule has 2 aromatic carbocycles. The zero-order valence-corrected chi connectivity index (χ0v) is 13.5. The molecule has 0 aliphatic carbocycles. The van der Waals surface area contributed by atoms with E-state index in [1.165, 1.54) is 0 Å². The Bertz CT molecular complexity index is 619. The number of para-hydroxylation sites is 1. The van der Waals surface area contributed by atoms with Crippen molar-refractivity contribution < 1.29 is 4.92 Å². The van der Waals surface area contributed by atoms with Gasteiger partial charge in [0, 0.05) is 21.9 Å². The van der Waals surface area contributed by atoms with Gasteiger partial charge in [-0.05, 0) is 62.3 Å². The first-order valence-electron chi connectivity index (χ1n) is 5.49. The van der Waals surface area contributed by atoms with E-state index in [9.17, 15) is 10.1 Å². The number of rotatable bonds is 4. The molecule has 0 amide bonds. The first-order valence-corrected chi connectivity index (χ1v) is 7.36. The molecule has 0 unspecified atom stereocenters. The van der Waals surface area contributed by atoms with Crippen molar-refractivity contribution in [3.05, 3.63) is 66.2 Å². The predicted molar refractivity (Wildman–Crippen MR) is 87.3 cm³/mol. The second-order valence-electron chi connectivity index (χ2n) is 3.88. The van der Waals surface area contributed by atoms with Gasteiger partial charge in [0.1, 0.15) is 0 Å². The molecule has 0 aliphatic heterocycles. The zero-order valence-electron chi connectivity index (χ0n) is 9.77. The van der Waals surface area contributed by atoms with Gasteiger partial charge in [-0.15, -0.1) is 0 Å². The monoisotopic (exact) mass is 432 g/mol. The van der Waals surface area contributed by atoms with Gasteiger partial charge >= 0.3 is 0 Å². The van der Waals surface area contributed by atoms with Gasteiger partial charge in [-0.2, -0.15) is 0 Å². The van der Waals surface area contributed by atoms with E-state index in [2.05, 4.69) is 43.8 Å². The maximum absolute atomic E-state index is 10.9. The molecule has 0 saturated heterocycles. The van der Waals surface area contributed by atoms with Crippen molar-refractivity contribution in [1.29, 1.82) is 0 Å². The molecule has 0 atom stereocenters. The first-order chi connectivity index (χ1) is 9.08. The summed E-state index contributed by atoms with van der Waals surface area (Å²) in [6.07, 6.45) is 0. The Balaban J connectivity index is 2.14. The van der Waals surface area contributed by atoms with Crippen molar-refractivity contribution in [2.75, 3.05) is 5.32 Å². The van der Waals surface area contributed by atoms with Crippen LogP contribution in [-0.4, -0.2) is 4.92 Å². The predicted octanol–water partition coefficient (Wildman–Crippen LogP) is 4.57. The van der Waals surface area contributed by atoms with E-state index in [0.29, 0.717) is 11.0 Å². The number of nitrogens with zero attached hydrogens (tertiary/aromatic N) is 1. The molecule has 0 aliphatic rings. The van der Waals surface area contributed by atoms with Gasteiger partial charge in [-0.25, -0.2) is 0 Å². The van der Waals surface area contributed by atoms with Gasteiger partial charge in [-0.3, -0.25) is 10.1 Å². The molecule has 0 bridgehead atoms. The Hall–Kier alpha value is -1.15. The van der Waals surface area contributed by atoms with Gasteiger partial charge in [0.2, 0.25) is 0 Å². The highest BCUT2D eigenvalue weighted by atomic mass is 127. The summed E-state index contributed by atoms with van der Waals surface area (Å²) in [5, 5.41) is 14.1. The summed E-state index contributed by atoms with van der Waals surface area (Å²) in [6.45, 7) is 0.550. The standard InChI is InChI=1S/C13H10BrIN2O2/c14-10-6-5-9(7-13(10)17(18)19)8-16-12-4-2-1-3-11(12)15/h1-7,16H,8H2. The van der Waals surface area contributed by atoms with Crippen LogP contribution in [0.2, 0.25) is 0 Å². The van der Waals surface area contributed by atoms with Gasteiger partial charge in [0.25, 0.3) is 5.69 Å². The van der Waals surface area contributed by atoms with Crippen LogP contribution in [-0.2, 0) is 6.54 Å². The Morgan fingerprint density at radius 1 is 1.26 bits per heavy atom. The Morgan fingerprint density at radius 2 is 2.00 bits per heavy atom. The lowest BCUT2D eigenvalue weighted by Gasteiger charge is -2.08. The molecule has 0 radical (unpaired) electrons. The molecule has 0 aromatic heterocycles. The Labute approximate surface area is 132 Å². The van der Waals surface area contributed by atoms with E-state index in [-0.39, 0.29) is 10.6 Å². The first kappa shape index (κ1) is 14.3. The molecule has 0 spiro atoms. The fraction of sp³-hybridized carbons (Fsp3) is 0.0769. The summed E-state index contributed by atoms with van der Waals surface area (Å²) in [5.41, 5.74) is 1.98. The Morgan fingerprint density at radius 3 is 2.68 bits per heavy atom. The molecule has 2 aromatic rings. The van der Waals surface area contributed by atoms with Crippen LogP contribution in [0, 0.1) is 13.7 Å². The van der Waals surface area contributed by atoms with Gasteiger partial charge in [0.05, 0.1) is 9.40 Å². The summed E-state index contributed by atoms with van der Waals surface area (Å²) in [4.78, 5) is 10.5. The molecule has 19 heavy (non-hydrogen) atoms. The lowest BCUT2D eigenvalue weighted by atomic mass is 10.2. The topological polar surface area (TPSA) is 55.2 Å². The van der Waals surface area contributed by atoms with Crippen molar-refractivity contribution in [2.45, 2.75) is 6.54 Å². The summed E-state index contributed by atoms with van der Waals surface area (Å²) < 4.78 is 1.61. The highest BCUT2D eigenvalue weighted by Gasteiger charge is 2.12. The van der Waals surface area contributed by atoms with Gasteiger partial charge in [-0.1, -0.05) is 18.2 Å². The third kappa shape index (κ3) is 3.66. The number of halogens is 2. The molecule has 0 heterocycles. The number of hydrogen-bond donors (Lipinski definition) is 1. The number of nitro groups is 1. The van der Waals surface area contributed by atoms with Crippen LogP contribution in [0.5, 0.6) is 0 Å². The summed E-state index contributed by atoms with van der Waals surface area (Å²) in [6, 6.07) is 13.0.